The van der Waals surface area contributed by atoms with Gasteiger partial charge in [-0.1, -0.05) is 36.4 Å². The number of primary amides is 2. The number of aromatic nitrogens is 4. The Morgan fingerprint density at radius 1 is 0.724 bits per heavy atom. The molecule has 14 heteroatoms. The van der Waals surface area contributed by atoms with Crippen molar-refractivity contribution in [3.05, 3.63) is 105 Å². The molecule has 6 heterocycles. The van der Waals surface area contributed by atoms with Gasteiger partial charge < -0.3 is 30.9 Å². The predicted octanol–water partition coefficient (Wildman–Crippen LogP) is 5.76. The Kier molecular flexibility index (Phi) is 8.11. The summed E-state index contributed by atoms with van der Waals surface area (Å²) in [5, 5.41) is 0. The molecule has 6 atom stereocenters. The summed E-state index contributed by atoms with van der Waals surface area (Å²) in [4.78, 5) is 73.2. The largest absolute Gasteiger partial charge is 0.426 e. The zero-order valence-electron chi connectivity index (χ0n) is 32.7. The van der Waals surface area contributed by atoms with Gasteiger partial charge in [0, 0.05) is 49.5 Å². The van der Waals surface area contributed by atoms with E-state index in [9.17, 15) is 19.2 Å². The molecule has 4 aliphatic heterocycles. The number of ether oxygens (including phenoxy) is 2. The van der Waals surface area contributed by atoms with E-state index in [0.29, 0.717) is 74.1 Å². The maximum Gasteiger partial charge on any atom is 0.406 e. The van der Waals surface area contributed by atoms with Crippen LogP contribution in [0, 0.1) is 13.8 Å². The maximum atomic E-state index is 13.2. The highest BCUT2D eigenvalue weighted by Gasteiger charge is 2.69. The van der Waals surface area contributed by atoms with Crippen LogP contribution in [-0.4, -0.2) is 78.3 Å². The molecule has 2 aromatic carbocycles. The van der Waals surface area contributed by atoms with Crippen molar-refractivity contribution in [2.24, 2.45) is 11.5 Å². The molecule has 14 nitrogen and oxygen atoms in total. The third kappa shape index (κ3) is 4.46. The molecule has 2 unspecified atom stereocenters. The van der Waals surface area contributed by atoms with E-state index in [2.05, 4.69) is 44.6 Å². The molecule has 2 amide bonds. The summed E-state index contributed by atoms with van der Waals surface area (Å²) in [6.45, 7) is 5.39. The van der Waals surface area contributed by atoms with Crippen molar-refractivity contribution in [1.82, 2.24) is 29.7 Å². The van der Waals surface area contributed by atoms with Crippen LogP contribution in [0.4, 0.5) is 9.59 Å². The van der Waals surface area contributed by atoms with Gasteiger partial charge in [-0.3, -0.25) is 9.80 Å². The van der Waals surface area contributed by atoms with Crippen molar-refractivity contribution in [3.63, 3.8) is 0 Å². The lowest BCUT2D eigenvalue weighted by Gasteiger charge is -2.56. The number of carbonyl (C=O) groups excluding carboxylic acids is 4. The van der Waals surface area contributed by atoms with E-state index < -0.39 is 34.5 Å². The number of rotatable bonds is 5. The van der Waals surface area contributed by atoms with Gasteiger partial charge in [0.2, 0.25) is 0 Å². The van der Waals surface area contributed by atoms with Crippen LogP contribution in [0.25, 0.3) is 11.1 Å². The second-order valence-corrected chi connectivity index (χ2v) is 16.8. The molecule has 0 radical (unpaired) electrons. The van der Waals surface area contributed by atoms with Crippen molar-refractivity contribution in [3.8, 4) is 11.1 Å². The highest BCUT2D eigenvalue weighted by molar-refractivity contribution is 5.76. The van der Waals surface area contributed by atoms with Crippen LogP contribution in [0.2, 0.25) is 0 Å². The minimum absolute atomic E-state index is 0.132. The van der Waals surface area contributed by atoms with Gasteiger partial charge in [0.1, 0.15) is 34.4 Å². The van der Waals surface area contributed by atoms with Crippen LogP contribution in [0.3, 0.4) is 0 Å². The Hall–Kier alpha value is -5.78. The Morgan fingerprint density at radius 2 is 1.24 bits per heavy atom. The lowest BCUT2D eigenvalue weighted by Crippen LogP contribution is -2.67. The molecule has 4 fully saturated rings. The van der Waals surface area contributed by atoms with E-state index in [1.165, 1.54) is 0 Å². The smallest absolute Gasteiger partial charge is 0.406 e. The molecular weight excluding hydrogens is 737 g/mol. The van der Waals surface area contributed by atoms with E-state index >= 15 is 0 Å². The average Bonchev–Trinajstić information content (AvgIpc) is 4.04. The van der Waals surface area contributed by atoms with Gasteiger partial charge in [-0.05, 0) is 98.6 Å². The zero-order valence-corrected chi connectivity index (χ0v) is 32.7. The first-order valence-corrected chi connectivity index (χ1v) is 20.4. The average molecular weight is 783 g/mol. The number of aromatic amines is 2. The number of benzene rings is 2. The number of fused-ring (bicyclic) bond motifs is 14. The van der Waals surface area contributed by atoms with Crippen molar-refractivity contribution in [2.45, 2.75) is 112 Å². The molecule has 6 aliphatic rings. The molecule has 58 heavy (non-hydrogen) atoms. The van der Waals surface area contributed by atoms with Crippen LogP contribution >= 0.6 is 0 Å². The maximum absolute atomic E-state index is 13.2. The van der Waals surface area contributed by atoms with E-state index in [1.54, 1.807) is 12.4 Å². The van der Waals surface area contributed by atoms with Crippen molar-refractivity contribution >= 4 is 24.1 Å². The molecule has 4 bridgehead atoms. The summed E-state index contributed by atoms with van der Waals surface area (Å²) < 4.78 is 12.7. The van der Waals surface area contributed by atoms with Crippen LogP contribution in [-0.2, 0) is 29.9 Å². The van der Waals surface area contributed by atoms with Crippen molar-refractivity contribution in [2.75, 3.05) is 13.1 Å². The monoisotopic (exact) mass is 782 g/mol. The highest BCUT2D eigenvalue weighted by atomic mass is 16.6. The van der Waals surface area contributed by atoms with Crippen LogP contribution in [0.1, 0.15) is 122 Å². The fourth-order valence-electron chi connectivity index (χ4n) is 12.5. The first kappa shape index (κ1) is 36.6. The number of carbonyl (C=O) groups is 2. The minimum atomic E-state index is -1.29. The standard InChI is InChI=1S/C44H46N8O6/c1-25-26(2)32(44-30(24-54)8-4-18-42(44,58-40(46)56)52-20-6-10-34(52)38-48-22-36(44)50-38)16-15-31(25)27-11-13-28(14-12-27)43-29(23-53)7-3-17-41(43,57-39(45)55)51-19-5-9-33(51)37-47-21-35(43)49-37/h11-16,21-22,33-34H,3-10,17-20H2,1-2H3,(H2,45,55)(H2,46,56)(H,47,49)(H,48,50)/t33?,34?,41-,42-,43+,44-/m1/s1. The second kappa shape index (κ2) is 12.9. The second-order valence-electron chi connectivity index (χ2n) is 16.8. The molecule has 6 N–H and O–H groups in total. The molecule has 298 valence electrons. The summed E-state index contributed by atoms with van der Waals surface area (Å²) in [6.07, 6.45) is 8.26. The fourth-order valence-corrected chi connectivity index (χ4v) is 12.5. The van der Waals surface area contributed by atoms with E-state index in [4.69, 9.17) is 30.9 Å². The topological polar surface area (TPSA) is 203 Å². The Labute approximate surface area is 335 Å². The number of nitrogens with two attached hydrogens (primary N) is 2. The van der Waals surface area contributed by atoms with Gasteiger partial charge >= 0.3 is 12.2 Å². The lowest BCUT2D eigenvalue weighted by atomic mass is 9.57. The van der Waals surface area contributed by atoms with Gasteiger partial charge in [-0.15, -0.1) is 0 Å². The normalized spacial score (nSPS) is 31.1. The Morgan fingerprint density at radius 3 is 1.78 bits per heavy atom. The Balaban J connectivity index is 1.14. The molecule has 0 spiro atoms. The third-order valence-electron chi connectivity index (χ3n) is 14.6. The zero-order chi connectivity index (χ0) is 40.2. The van der Waals surface area contributed by atoms with E-state index in [1.807, 2.05) is 37.3 Å². The first-order valence-electron chi connectivity index (χ1n) is 20.4. The Bertz CT molecular complexity index is 2500. The van der Waals surface area contributed by atoms with Crippen LogP contribution < -0.4 is 11.5 Å². The number of hydrogen-bond donors (Lipinski definition) is 4. The van der Waals surface area contributed by atoms with Gasteiger partial charge in [0.15, 0.2) is 11.4 Å². The summed E-state index contributed by atoms with van der Waals surface area (Å²) in [5.41, 5.74) is 14.4. The summed E-state index contributed by atoms with van der Waals surface area (Å²) in [5.74, 6) is 6.17. The quantitative estimate of drug-likeness (QED) is 0.180. The van der Waals surface area contributed by atoms with Gasteiger partial charge in [-0.2, -0.15) is 0 Å². The molecule has 10 rings (SSSR count). The lowest BCUT2D eigenvalue weighted by molar-refractivity contribution is -0.163. The van der Waals surface area contributed by atoms with Crippen molar-refractivity contribution in [1.29, 1.82) is 0 Å². The van der Waals surface area contributed by atoms with Gasteiger partial charge in [0.05, 0.1) is 23.5 Å². The van der Waals surface area contributed by atoms with Crippen molar-refractivity contribution < 1.29 is 28.7 Å². The number of nitrogens with zero attached hydrogens (tertiary/aromatic N) is 4. The van der Waals surface area contributed by atoms with Crippen LogP contribution in [0.15, 0.2) is 59.9 Å². The van der Waals surface area contributed by atoms with E-state index in [-0.39, 0.29) is 12.1 Å². The predicted molar refractivity (Wildman–Crippen MR) is 210 cm³/mol. The molecule has 2 aromatic heterocycles. The van der Waals surface area contributed by atoms with Gasteiger partial charge in [-0.25, -0.2) is 29.1 Å². The minimum Gasteiger partial charge on any atom is -0.426 e. The molecule has 2 aliphatic carbocycles. The molecule has 2 saturated heterocycles. The first-order chi connectivity index (χ1) is 28.1. The number of nitrogens with one attached hydrogen (secondary N) is 2. The van der Waals surface area contributed by atoms with Gasteiger partial charge in [0.25, 0.3) is 0 Å². The number of imidazole rings is 2. The SMILES string of the molecule is Cc1c(-c2ccc([C@@]34C(=C=O)CCC[C@]3(OC(N)=O)N3CCCC3c3ncc4[nH]3)cc2)ccc([C@@]23C(=C=O)CCC[C@]2(OC(N)=O)N2CCCC2c2ncc3[nH]2)c1C. The molecular formula is C44H46N8O6. The molecule has 2 saturated carbocycles. The summed E-state index contributed by atoms with van der Waals surface area (Å²) in [7, 11) is 0. The third-order valence-corrected chi connectivity index (χ3v) is 14.6. The molecule has 4 aromatic rings. The van der Waals surface area contributed by atoms with Crippen LogP contribution in [0.5, 0.6) is 0 Å². The summed E-state index contributed by atoms with van der Waals surface area (Å²) >= 11 is 0. The van der Waals surface area contributed by atoms with E-state index in [0.717, 1.165) is 70.7 Å². The number of H-pyrrole nitrogens is 2. The number of amides is 2. The fraction of sp³-hybridized carbons (Fsp3) is 0.455. The summed E-state index contributed by atoms with van der Waals surface area (Å²) in [6, 6.07) is 11.9. The number of hydrogen-bond acceptors (Lipinski definition) is 10. The highest BCUT2D eigenvalue weighted by Crippen LogP contribution is 2.63.